The Kier molecular flexibility index (Phi) is 6.00. The topological polar surface area (TPSA) is 98.2 Å². The Morgan fingerprint density at radius 2 is 2.08 bits per heavy atom. The lowest BCUT2D eigenvalue weighted by Gasteiger charge is -2.38. The fourth-order valence-corrected chi connectivity index (χ4v) is 4.36. The van der Waals surface area contributed by atoms with E-state index in [4.69, 9.17) is 0 Å². The lowest BCUT2D eigenvalue weighted by molar-refractivity contribution is 0.0474. The molecule has 1 saturated heterocycles. The number of aliphatic hydroxyl groups is 1. The van der Waals surface area contributed by atoms with E-state index in [-0.39, 0.29) is 24.5 Å². The van der Waals surface area contributed by atoms with Gasteiger partial charge in [0.15, 0.2) is 10.8 Å². The number of amides is 1. The minimum absolute atomic E-state index is 0.0358. The molecule has 2 aromatic rings. The highest BCUT2D eigenvalue weighted by Crippen LogP contribution is 2.31. The maximum Gasteiger partial charge on any atom is 0.265 e. The van der Waals surface area contributed by atoms with Crippen molar-refractivity contribution >= 4 is 17.2 Å². The SMILES string of the molecule is CCC(CO)N1CCN(C(=O)c2sc(-c3ncn[nH]3)nc2C(C)C)CC1. The average molecular weight is 379 g/mol. The van der Waals surface area contributed by atoms with Crippen LogP contribution in [0, 0.1) is 0 Å². The van der Waals surface area contributed by atoms with E-state index >= 15 is 0 Å². The first-order chi connectivity index (χ1) is 12.5. The molecule has 1 unspecified atom stereocenters. The van der Waals surface area contributed by atoms with E-state index in [0.717, 1.165) is 25.2 Å². The number of hydrogen-bond acceptors (Lipinski definition) is 7. The molecule has 1 amide bonds. The van der Waals surface area contributed by atoms with Crippen LogP contribution in [-0.4, -0.2) is 79.8 Å². The van der Waals surface area contributed by atoms with Crippen molar-refractivity contribution in [3.8, 4) is 10.8 Å². The fraction of sp³-hybridized carbons (Fsp3) is 0.647. The zero-order valence-corrected chi connectivity index (χ0v) is 16.3. The molecule has 0 aromatic carbocycles. The third-order valence-corrected chi connectivity index (χ3v) is 5.88. The minimum Gasteiger partial charge on any atom is -0.395 e. The third kappa shape index (κ3) is 3.79. The Morgan fingerprint density at radius 3 is 2.62 bits per heavy atom. The molecule has 26 heavy (non-hydrogen) atoms. The highest BCUT2D eigenvalue weighted by atomic mass is 32.1. The van der Waals surface area contributed by atoms with Gasteiger partial charge < -0.3 is 10.0 Å². The van der Waals surface area contributed by atoms with Gasteiger partial charge in [0.2, 0.25) is 0 Å². The van der Waals surface area contributed by atoms with Gasteiger partial charge in [-0.2, -0.15) is 5.10 Å². The predicted molar refractivity (Wildman–Crippen MR) is 100 cm³/mol. The monoisotopic (exact) mass is 378 g/mol. The molecule has 1 atom stereocenters. The summed E-state index contributed by atoms with van der Waals surface area (Å²) in [5, 5.41) is 16.9. The second kappa shape index (κ2) is 8.24. The van der Waals surface area contributed by atoms with Crippen LogP contribution in [0.5, 0.6) is 0 Å². The number of aromatic nitrogens is 4. The van der Waals surface area contributed by atoms with Crippen molar-refractivity contribution in [2.24, 2.45) is 0 Å². The van der Waals surface area contributed by atoms with Gasteiger partial charge in [-0.1, -0.05) is 20.8 Å². The van der Waals surface area contributed by atoms with Crippen LogP contribution in [0.4, 0.5) is 0 Å². The summed E-state index contributed by atoms with van der Waals surface area (Å²) in [5.41, 5.74) is 0.815. The summed E-state index contributed by atoms with van der Waals surface area (Å²) in [6, 6.07) is 0.180. The highest BCUT2D eigenvalue weighted by molar-refractivity contribution is 7.17. The van der Waals surface area contributed by atoms with Crippen LogP contribution in [0.25, 0.3) is 10.8 Å². The van der Waals surface area contributed by atoms with Crippen molar-refractivity contribution in [2.75, 3.05) is 32.8 Å². The smallest absolute Gasteiger partial charge is 0.265 e. The molecule has 0 radical (unpaired) electrons. The number of nitrogens with one attached hydrogen (secondary N) is 1. The van der Waals surface area contributed by atoms with E-state index in [9.17, 15) is 9.90 Å². The quantitative estimate of drug-likeness (QED) is 0.792. The van der Waals surface area contributed by atoms with E-state index in [0.29, 0.717) is 28.8 Å². The van der Waals surface area contributed by atoms with Crippen molar-refractivity contribution in [2.45, 2.75) is 39.2 Å². The Balaban J connectivity index is 1.76. The first kappa shape index (κ1) is 18.9. The van der Waals surface area contributed by atoms with Crippen molar-refractivity contribution in [1.29, 1.82) is 0 Å². The molecule has 1 aliphatic heterocycles. The Morgan fingerprint density at radius 1 is 1.35 bits per heavy atom. The summed E-state index contributed by atoms with van der Waals surface area (Å²) in [4.78, 5) is 26.7. The van der Waals surface area contributed by atoms with E-state index in [1.54, 1.807) is 0 Å². The number of H-pyrrole nitrogens is 1. The Bertz CT molecular complexity index is 718. The molecule has 2 aromatic heterocycles. The number of aliphatic hydroxyl groups excluding tert-OH is 1. The highest BCUT2D eigenvalue weighted by Gasteiger charge is 2.29. The molecule has 142 valence electrons. The predicted octanol–water partition coefficient (Wildman–Crippen LogP) is 1.58. The number of nitrogens with zero attached hydrogens (tertiary/aromatic N) is 5. The minimum atomic E-state index is 0.0358. The summed E-state index contributed by atoms with van der Waals surface area (Å²) < 4.78 is 0. The van der Waals surface area contributed by atoms with E-state index in [2.05, 4.69) is 32.0 Å². The van der Waals surface area contributed by atoms with Crippen LogP contribution >= 0.6 is 11.3 Å². The van der Waals surface area contributed by atoms with E-state index < -0.39 is 0 Å². The van der Waals surface area contributed by atoms with Crippen LogP contribution in [-0.2, 0) is 0 Å². The first-order valence-corrected chi connectivity index (χ1v) is 9.87. The number of carbonyl (C=O) groups excluding carboxylic acids is 1. The zero-order valence-electron chi connectivity index (χ0n) is 15.5. The third-order valence-electron chi connectivity index (χ3n) is 4.81. The van der Waals surface area contributed by atoms with Crippen LogP contribution < -0.4 is 0 Å². The second-order valence-corrected chi connectivity index (χ2v) is 7.79. The molecule has 0 spiro atoms. The van der Waals surface area contributed by atoms with Crippen molar-refractivity contribution in [1.82, 2.24) is 30.0 Å². The maximum absolute atomic E-state index is 13.1. The van der Waals surface area contributed by atoms with Gasteiger partial charge in [0.25, 0.3) is 5.91 Å². The Labute approximate surface area is 157 Å². The van der Waals surface area contributed by atoms with Crippen molar-refractivity contribution in [3.63, 3.8) is 0 Å². The molecule has 0 bridgehead atoms. The van der Waals surface area contributed by atoms with Crippen LogP contribution in [0.2, 0.25) is 0 Å². The van der Waals surface area contributed by atoms with E-state index in [1.807, 2.05) is 18.7 Å². The van der Waals surface area contributed by atoms with Crippen LogP contribution in [0.1, 0.15) is 48.5 Å². The molecule has 3 rings (SSSR count). The van der Waals surface area contributed by atoms with Crippen molar-refractivity contribution < 1.29 is 9.90 Å². The van der Waals surface area contributed by atoms with Crippen LogP contribution in [0.15, 0.2) is 6.33 Å². The number of thiazole rings is 1. The van der Waals surface area contributed by atoms with Gasteiger partial charge in [0, 0.05) is 32.2 Å². The summed E-state index contributed by atoms with van der Waals surface area (Å²) in [7, 11) is 0. The van der Waals surface area contributed by atoms with Crippen LogP contribution in [0.3, 0.4) is 0 Å². The zero-order chi connectivity index (χ0) is 18.7. The molecular weight excluding hydrogens is 352 g/mol. The van der Waals surface area contributed by atoms with Gasteiger partial charge in [-0.15, -0.1) is 11.3 Å². The average Bonchev–Trinajstić information content (AvgIpc) is 3.32. The Hall–Kier alpha value is -1.84. The van der Waals surface area contributed by atoms with Gasteiger partial charge in [-0.25, -0.2) is 9.97 Å². The normalized spacial score (nSPS) is 17.0. The number of aromatic amines is 1. The summed E-state index contributed by atoms with van der Waals surface area (Å²) in [6.07, 6.45) is 2.36. The molecule has 8 nitrogen and oxygen atoms in total. The fourth-order valence-electron chi connectivity index (χ4n) is 3.22. The van der Waals surface area contributed by atoms with Gasteiger partial charge in [-0.3, -0.25) is 14.8 Å². The molecular formula is C17H26N6O2S. The summed E-state index contributed by atoms with van der Waals surface area (Å²) >= 11 is 1.37. The number of hydrogen-bond donors (Lipinski definition) is 2. The second-order valence-electron chi connectivity index (χ2n) is 6.79. The number of carbonyl (C=O) groups is 1. The lowest BCUT2D eigenvalue weighted by Crippen LogP contribution is -2.52. The number of rotatable bonds is 6. The number of piperazine rings is 1. The van der Waals surface area contributed by atoms with Gasteiger partial charge in [0.1, 0.15) is 11.2 Å². The van der Waals surface area contributed by atoms with E-state index in [1.165, 1.54) is 17.7 Å². The standard InChI is InChI=1S/C17H26N6O2S/c1-4-12(9-24)22-5-7-23(8-6-22)17(25)14-13(11(2)3)20-16(26-14)15-18-10-19-21-15/h10-12,24H,4-9H2,1-3H3,(H,18,19,21). The molecule has 9 heteroatoms. The molecule has 0 saturated carbocycles. The van der Waals surface area contributed by atoms with Gasteiger partial charge in [-0.05, 0) is 12.3 Å². The summed E-state index contributed by atoms with van der Waals surface area (Å²) in [5.74, 6) is 0.783. The largest absolute Gasteiger partial charge is 0.395 e. The lowest BCUT2D eigenvalue weighted by atomic mass is 10.1. The molecule has 0 aliphatic carbocycles. The summed E-state index contributed by atoms with van der Waals surface area (Å²) in [6.45, 7) is 9.24. The molecule has 1 fully saturated rings. The van der Waals surface area contributed by atoms with Crippen molar-refractivity contribution in [3.05, 3.63) is 16.9 Å². The van der Waals surface area contributed by atoms with Gasteiger partial charge in [0.05, 0.1) is 12.3 Å². The molecule has 2 N–H and O–H groups in total. The first-order valence-electron chi connectivity index (χ1n) is 9.05. The van der Waals surface area contributed by atoms with Gasteiger partial charge >= 0.3 is 0 Å². The molecule has 3 heterocycles. The molecule has 1 aliphatic rings. The maximum atomic E-state index is 13.1.